The van der Waals surface area contributed by atoms with Gasteiger partial charge in [0, 0.05) is 54.6 Å². The Labute approximate surface area is 812 Å². The summed E-state index contributed by atoms with van der Waals surface area (Å²) in [4.78, 5) is 62.5. The minimum atomic E-state index is -2.64. The molecule has 0 aliphatic heterocycles. The fraction of sp³-hybridized carbons (Fsp3) is 0.269. The van der Waals surface area contributed by atoms with E-state index < -0.39 is 58.9 Å². The van der Waals surface area contributed by atoms with E-state index in [4.69, 9.17) is 60.3 Å². The van der Waals surface area contributed by atoms with E-state index in [1.54, 1.807) is 104 Å². The van der Waals surface area contributed by atoms with E-state index >= 15 is 13.2 Å². The van der Waals surface area contributed by atoms with E-state index in [1.165, 1.54) is 156 Å². The van der Waals surface area contributed by atoms with Gasteiger partial charge in [0.1, 0.15) is 52.1 Å². The molecule has 34 heteroatoms. The number of amides is 4. The maximum atomic E-state index is 17.2. The SMILES string of the molecule is COc1cc(/C(F)=C2/C(C)=C(CC(=O)NCc3ccco3)c3cc(F)ccc32)cc(OC)c1O.COc1cc(/C=C2/C(C)=C(CC(=O)NCc3ccco3)c3cc(F)ccc32)cc(OC)c1O.COc1cc(C(C)C2(F)c3ccc(F)cc3C(CC(=O)NCc3ccco3)C2(C)F)cc(OC)c1O.COc1cc(C(C)C2=C(C)C(CC(=O)NCc3ccco3)c3cc(F)ccc32)cc(OC)c1OC(C)=O.F.F. The first-order valence-electron chi connectivity index (χ1n) is 44.3. The third-order valence-electron chi connectivity index (χ3n) is 25.3. The standard InChI is InChI=1S/C29H30FNO6.C27H28F3NO5.C26H23F2NO5.C26H24FNO5.2FH/c1-16(19-11-25(34-4)29(37-18(3)32)26(12-19)35-5)28-17(2)23(24-13-20(30)8-9-22(24)28)14-27(33)31-15-21-7-6-10-36-21;1-15(16-10-22(34-3)25(33)23(11-16)35-4)27(30)20-8-7-17(28)12-19(20)21(26(27,2)29)13-24(32)31-14-18-6-5-9-36-18;1-14-19(12-23(30)29-13-17-5-4-8-34-17)20-11-16(27)6-7-18(20)24(14)25(28)15-9-21(32-2)26(31)22(10-15)33-3;1-15-20(9-16-10-23(31-2)26(30)24(11-16)32-3)19-7-6-17(27)12-22(19)21(15)13-25(29)28-14-18-5-4-8-33-18;;/h6-13,16,23H,14-15H2,1-5H3,(H,31,33);5-12,15,21,33H,13-14H2,1-4H3,(H,31,32);4-11,31H,12-13H2,1-3H3,(H,29,30);4-12,30H,13-14H2,1-3H3,(H,28,29);2*1H/b;;25-24+;20-9-;;. The molecule has 6 atom stereocenters. The molecule has 0 fully saturated rings. The van der Waals surface area contributed by atoms with Crippen molar-refractivity contribution < 1.29 is 140 Å². The van der Waals surface area contributed by atoms with Gasteiger partial charge in [0.2, 0.25) is 46.6 Å². The highest BCUT2D eigenvalue weighted by Gasteiger charge is 2.65. The number of hydrogen-bond donors (Lipinski definition) is 7. The molecule has 8 aromatic carbocycles. The van der Waals surface area contributed by atoms with Crippen LogP contribution in [0.4, 0.5) is 40.1 Å². The third kappa shape index (κ3) is 22.8. The molecule has 0 saturated carbocycles. The summed E-state index contributed by atoms with van der Waals surface area (Å²) in [5.41, 5.74) is 6.68. The van der Waals surface area contributed by atoms with Crippen molar-refractivity contribution in [2.45, 2.75) is 135 Å². The Hall–Kier alpha value is -15.9. The number of aromatic hydroxyl groups is 3. The van der Waals surface area contributed by atoms with Crippen molar-refractivity contribution in [3.63, 3.8) is 0 Å². The van der Waals surface area contributed by atoms with Gasteiger partial charge in [-0.3, -0.25) is 33.4 Å². The first-order valence-corrected chi connectivity index (χ1v) is 44.3. The Morgan fingerprint density at radius 2 is 0.831 bits per heavy atom. The van der Waals surface area contributed by atoms with Gasteiger partial charge in [0.05, 0.1) is 121 Å². The molecule has 16 rings (SSSR count). The van der Waals surface area contributed by atoms with Crippen molar-refractivity contribution in [3.8, 4) is 69.0 Å². The van der Waals surface area contributed by atoms with E-state index in [0.717, 1.165) is 74.7 Å². The van der Waals surface area contributed by atoms with Gasteiger partial charge in [0.25, 0.3) is 0 Å². The lowest BCUT2D eigenvalue weighted by molar-refractivity contribution is -0.132. The molecule has 0 spiro atoms. The predicted molar refractivity (Wildman–Crippen MR) is 514 cm³/mol. The number of carbonyl (C=O) groups is 5. The van der Waals surface area contributed by atoms with Crippen molar-refractivity contribution in [2.75, 3.05) is 56.9 Å². The number of methoxy groups -OCH3 is 8. The number of esters is 1. The van der Waals surface area contributed by atoms with Crippen molar-refractivity contribution in [1.29, 1.82) is 0 Å². The van der Waals surface area contributed by atoms with Gasteiger partial charge in [-0.2, -0.15) is 0 Å². The molecular weight excluding hydrogens is 1860 g/mol. The normalized spacial score (nSPS) is 16.6. The quantitative estimate of drug-likeness (QED) is 0.0121. The zero-order valence-corrected chi connectivity index (χ0v) is 80.2. The van der Waals surface area contributed by atoms with Crippen molar-refractivity contribution in [1.82, 2.24) is 21.3 Å². The number of fused-ring (bicyclic) bond motifs is 4. The number of allylic oxidation sites excluding steroid dienone is 6. The summed E-state index contributed by atoms with van der Waals surface area (Å²) in [5, 5.41) is 41.8. The van der Waals surface area contributed by atoms with E-state index in [0.29, 0.717) is 67.9 Å². The number of benzene rings is 8. The molecule has 6 unspecified atom stereocenters. The van der Waals surface area contributed by atoms with Gasteiger partial charge < -0.3 is 96.9 Å². The van der Waals surface area contributed by atoms with Gasteiger partial charge in [-0.15, -0.1) is 0 Å². The first-order chi connectivity index (χ1) is 67.0. The Bertz CT molecular complexity index is 6690. The summed E-state index contributed by atoms with van der Waals surface area (Å²) in [6.07, 6.45) is 7.80. The van der Waals surface area contributed by atoms with Crippen LogP contribution in [0.3, 0.4) is 0 Å². The molecule has 7 N–H and O–H groups in total. The van der Waals surface area contributed by atoms with Crippen LogP contribution in [0, 0.1) is 23.3 Å². The van der Waals surface area contributed by atoms with Crippen molar-refractivity contribution >= 4 is 69.4 Å². The number of halogens is 9. The highest BCUT2D eigenvalue weighted by molar-refractivity contribution is 6.11. The second kappa shape index (κ2) is 46.3. The maximum absolute atomic E-state index is 17.2. The summed E-state index contributed by atoms with van der Waals surface area (Å²) in [7, 11) is 11.3. The number of hydrogen-bond acceptors (Lipinski definition) is 21. The Morgan fingerprint density at radius 1 is 0.451 bits per heavy atom. The van der Waals surface area contributed by atoms with Crippen LogP contribution in [0.5, 0.6) is 69.0 Å². The topological polar surface area (TPSA) is 330 Å². The Kier molecular flexibility index (Phi) is 34.7. The van der Waals surface area contributed by atoms with E-state index in [2.05, 4.69) is 21.3 Å². The van der Waals surface area contributed by atoms with E-state index in [9.17, 15) is 56.9 Å². The fourth-order valence-corrected chi connectivity index (χ4v) is 18.1. The Morgan fingerprint density at radius 3 is 1.27 bits per heavy atom. The molecule has 4 aliphatic rings. The van der Waals surface area contributed by atoms with Gasteiger partial charge in [-0.1, -0.05) is 43.7 Å². The van der Waals surface area contributed by atoms with Gasteiger partial charge in [-0.25, -0.2) is 30.7 Å². The van der Waals surface area contributed by atoms with Gasteiger partial charge >= 0.3 is 5.97 Å². The number of furan rings is 4. The average molecular weight is 1970 g/mol. The van der Waals surface area contributed by atoms with Crippen molar-refractivity contribution in [2.24, 2.45) is 0 Å². The monoisotopic (exact) mass is 1970 g/mol. The molecule has 4 aliphatic carbocycles. The molecular formula is C108H107F9N4O21. The van der Waals surface area contributed by atoms with E-state index in [-0.39, 0.29) is 176 Å². The van der Waals surface area contributed by atoms with Gasteiger partial charge in [-0.05, 0) is 274 Å². The highest BCUT2D eigenvalue weighted by atomic mass is 19.2. The number of phenolic OH excluding ortho intramolecular Hbond substituents is 3. The molecule has 0 bridgehead atoms. The van der Waals surface area contributed by atoms with Crippen LogP contribution in [0.2, 0.25) is 0 Å². The lowest BCUT2D eigenvalue weighted by atomic mass is 9.72. The summed E-state index contributed by atoms with van der Waals surface area (Å²) in [5.74, 6) is -3.53. The first kappa shape index (κ1) is 107. The molecule has 748 valence electrons. The molecule has 0 radical (unpaired) electrons. The van der Waals surface area contributed by atoms with Crippen LogP contribution < -0.4 is 63.9 Å². The molecule has 4 aromatic heterocycles. The minimum Gasteiger partial charge on any atom is -0.502 e. The summed E-state index contributed by atoms with van der Waals surface area (Å²) < 4.78 is 175. The van der Waals surface area contributed by atoms with Crippen molar-refractivity contribution in [3.05, 3.63) is 325 Å². The van der Waals surface area contributed by atoms with Crippen LogP contribution >= 0.6 is 0 Å². The minimum absolute atomic E-state index is 0. The summed E-state index contributed by atoms with van der Waals surface area (Å²) >= 11 is 0. The maximum Gasteiger partial charge on any atom is 0.308 e. The van der Waals surface area contributed by atoms with Crippen LogP contribution in [0.1, 0.15) is 188 Å². The average Bonchev–Trinajstić information content (AvgIpc) is 1.54. The van der Waals surface area contributed by atoms with E-state index in [1.807, 2.05) is 26.8 Å². The van der Waals surface area contributed by atoms with Crippen LogP contribution in [0.25, 0.3) is 39.8 Å². The number of alkyl halides is 2. The van der Waals surface area contributed by atoms with Crippen LogP contribution in [-0.4, -0.2) is 107 Å². The zero-order valence-electron chi connectivity index (χ0n) is 80.2. The number of carbonyl (C=O) groups excluding carboxylic acids is 5. The fourth-order valence-electron chi connectivity index (χ4n) is 18.1. The Balaban J connectivity index is 0.000000180. The number of ether oxygens (including phenoxy) is 9. The molecule has 142 heavy (non-hydrogen) atoms. The smallest absolute Gasteiger partial charge is 0.308 e. The predicted octanol–water partition coefficient (Wildman–Crippen LogP) is 22.3. The molecule has 12 aromatic rings. The lowest BCUT2D eigenvalue weighted by Gasteiger charge is -2.39. The highest BCUT2D eigenvalue weighted by Crippen LogP contribution is 2.64. The summed E-state index contributed by atoms with van der Waals surface area (Å²) in [6.45, 7) is 12.4. The molecule has 4 heterocycles. The number of phenols is 3. The third-order valence-corrected chi connectivity index (χ3v) is 25.3. The van der Waals surface area contributed by atoms with Crippen LogP contribution in [-0.2, 0) is 55.8 Å². The van der Waals surface area contributed by atoms with Gasteiger partial charge in [0.15, 0.2) is 57.3 Å². The van der Waals surface area contributed by atoms with Crippen LogP contribution in [0.15, 0.2) is 229 Å². The number of nitrogens with one attached hydrogen (secondary N) is 4. The molecule has 25 nitrogen and oxygen atoms in total. The largest absolute Gasteiger partial charge is 0.502 e. The second-order valence-corrected chi connectivity index (χ2v) is 33.5. The second-order valence-electron chi connectivity index (χ2n) is 33.5. The molecule has 4 amide bonds. The summed E-state index contributed by atoms with van der Waals surface area (Å²) in [6, 6.07) is 43.1. The number of rotatable bonds is 31. The molecule has 0 saturated heterocycles. The lowest BCUT2D eigenvalue weighted by Crippen LogP contribution is -2.46. The zero-order chi connectivity index (χ0) is 101.